The normalized spacial score (nSPS) is 10.3. The third kappa shape index (κ3) is 7.05. The van der Waals surface area contributed by atoms with Gasteiger partial charge in [0.05, 0.1) is 6.42 Å². The van der Waals surface area contributed by atoms with Crippen molar-refractivity contribution in [3.63, 3.8) is 0 Å². The topological polar surface area (TPSA) is 20.3 Å². The van der Waals surface area contributed by atoms with Gasteiger partial charge in [0.1, 0.15) is 0 Å². The number of carbonyl (C=O) groups excluding carboxylic acids is 1. The molecule has 1 amide bonds. The quantitative estimate of drug-likeness (QED) is 0.510. The van der Waals surface area contributed by atoms with E-state index >= 15 is 0 Å². The first-order valence-corrected chi connectivity index (χ1v) is 6.77. The maximum atomic E-state index is 11.9. The van der Waals surface area contributed by atoms with Gasteiger partial charge in [0.25, 0.3) is 0 Å². The van der Waals surface area contributed by atoms with Crippen LogP contribution in [0.1, 0.15) is 66.7 Å². The van der Waals surface area contributed by atoms with E-state index in [2.05, 4.69) is 18.8 Å². The van der Waals surface area contributed by atoms with E-state index in [0.717, 1.165) is 12.8 Å². The molecule has 0 atom stereocenters. The number of unbranched alkanes of at least 4 members (excludes halogenated alkanes) is 3. The molecule has 0 aromatic carbocycles. The van der Waals surface area contributed by atoms with Gasteiger partial charge in [-0.05, 0) is 34.1 Å². The second kappa shape index (κ2) is 9.10. The predicted octanol–water partition coefficient (Wildman–Crippen LogP) is 3.61. The lowest BCUT2D eigenvalue weighted by molar-refractivity contribution is -0.133. The van der Waals surface area contributed by atoms with Gasteiger partial charge < -0.3 is 4.90 Å². The summed E-state index contributed by atoms with van der Waals surface area (Å²) in [5.74, 6) is 6.23. The van der Waals surface area contributed by atoms with Crippen LogP contribution >= 0.6 is 0 Å². The summed E-state index contributed by atoms with van der Waals surface area (Å²) in [5.41, 5.74) is 0. The number of carbonyl (C=O) groups is 1. The van der Waals surface area contributed by atoms with Crippen LogP contribution in [0.2, 0.25) is 0 Å². The molecule has 0 saturated carbocycles. The van der Waals surface area contributed by atoms with Gasteiger partial charge in [-0.3, -0.25) is 4.79 Å². The Morgan fingerprint density at radius 2 is 1.65 bits per heavy atom. The van der Waals surface area contributed by atoms with Crippen molar-refractivity contribution < 1.29 is 4.79 Å². The highest BCUT2D eigenvalue weighted by Gasteiger charge is 2.18. The summed E-state index contributed by atoms with van der Waals surface area (Å²) in [6, 6.07) is 0.508. The van der Waals surface area contributed by atoms with Gasteiger partial charge in [-0.25, -0.2) is 0 Å². The number of hydrogen-bond donors (Lipinski definition) is 0. The van der Waals surface area contributed by atoms with Gasteiger partial charge in [0, 0.05) is 18.5 Å². The fourth-order valence-corrected chi connectivity index (χ4v) is 1.95. The molecular formula is C15H27NO. The van der Waals surface area contributed by atoms with Crippen molar-refractivity contribution in [3.05, 3.63) is 0 Å². The number of nitrogens with zero attached hydrogens (tertiary/aromatic N) is 1. The molecule has 0 N–H and O–H groups in total. The van der Waals surface area contributed by atoms with E-state index < -0.39 is 0 Å². The molecule has 0 fully saturated rings. The Morgan fingerprint density at radius 1 is 1.06 bits per heavy atom. The lowest BCUT2D eigenvalue weighted by Gasteiger charge is -2.30. The van der Waals surface area contributed by atoms with E-state index in [4.69, 9.17) is 0 Å². The van der Waals surface area contributed by atoms with Crippen LogP contribution in [0.4, 0.5) is 0 Å². The lowest BCUT2D eigenvalue weighted by Crippen LogP contribution is -2.41. The SMILES string of the molecule is CCCCCC#CCC(=O)N(C(C)C)C(C)C. The van der Waals surface area contributed by atoms with Crippen LogP contribution in [0.3, 0.4) is 0 Å². The Kier molecular flexibility index (Phi) is 8.58. The van der Waals surface area contributed by atoms with Crippen molar-refractivity contribution in [2.24, 2.45) is 0 Å². The van der Waals surface area contributed by atoms with E-state index in [9.17, 15) is 4.79 Å². The van der Waals surface area contributed by atoms with E-state index in [1.54, 1.807) is 0 Å². The van der Waals surface area contributed by atoms with Gasteiger partial charge in [0.2, 0.25) is 5.91 Å². The smallest absolute Gasteiger partial charge is 0.235 e. The summed E-state index contributed by atoms with van der Waals surface area (Å²) in [7, 11) is 0. The zero-order valence-corrected chi connectivity index (χ0v) is 12.0. The first-order chi connectivity index (χ1) is 8.00. The number of hydrogen-bond acceptors (Lipinski definition) is 1. The summed E-state index contributed by atoms with van der Waals surface area (Å²) >= 11 is 0. The van der Waals surface area contributed by atoms with Crippen LogP contribution < -0.4 is 0 Å². The molecule has 0 aliphatic heterocycles. The van der Waals surface area contributed by atoms with E-state index in [0.29, 0.717) is 6.42 Å². The van der Waals surface area contributed by atoms with Gasteiger partial charge >= 0.3 is 0 Å². The van der Waals surface area contributed by atoms with Crippen LogP contribution in [0.5, 0.6) is 0 Å². The highest BCUT2D eigenvalue weighted by molar-refractivity contribution is 5.79. The first-order valence-electron chi connectivity index (χ1n) is 6.77. The predicted molar refractivity (Wildman–Crippen MR) is 73.7 cm³/mol. The van der Waals surface area contributed by atoms with Gasteiger partial charge in [0.15, 0.2) is 0 Å². The molecule has 2 heteroatoms. The zero-order valence-electron chi connectivity index (χ0n) is 12.0. The molecular weight excluding hydrogens is 210 g/mol. The Labute approximate surface area is 107 Å². The van der Waals surface area contributed by atoms with Gasteiger partial charge in [-0.15, -0.1) is 5.92 Å². The van der Waals surface area contributed by atoms with E-state index in [-0.39, 0.29) is 18.0 Å². The molecule has 0 bridgehead atoms. The van der Waals surface area contributed by atoms with Crippen molar-refractivity contribution in [1.82, 2.24) is 4.90 Å². The molecule has 0 heterocycles. The van der Waals surface area contributed by atoms with Crippen molar-refractivity contribution in [2.45, 2.75) is 78.8 Å². The average molecular weight is 237 g/mol. The lowest BCUT2D eigenvalue weighted by atomic mass is 10.2. The standard InChI is InChI=1S/C15H27NO/c1-6-7-8-9-10-11-12-15(17)16(13(2)3)14(4)5/h13-14H,6-9,12H2,1-5H3. The molecule has 0 unspecified atom stereocenters. The Balaban J connectivity index is 4.06. The van der Waals surface area contributed by atoms with Gasteiger partial charge in [-0.2, -0.15) is 0 Å². The van der Waals surface area contributed by atoms with Crippen molar-refractivity contribution >= 4 is 5.91 Å². The number of rotatable bonds is 6. The molecule has 0 aliphatic rings. The highest BCUT2D eigenvalue weighted by atomic mass is 16.2. The molecule has 0 aromatic rings. The zero-order chi connectivity index (χ0) is 13.3. The van der Waals surface area contributed by atoms with Crippen LogP contribution in [-0.4, -0.2) is 22.9 Å². The van der Waals surface area contributed by atoms with Crippen molar-refractivity contribution in [1.29, 1.82) is 0 Å². The van der Waals surface area contributed by atoms with Crippen LogP contribution in [-0.2, 0) is 4.79 Å². The molecule has 0 aliphatic carbocycles. The van der Waals surface area contributed by atoms with Gasteiger partial charge in [-0.1, -0.05) is 25.7 Å². The van der Waals surface area contributed by atoms with Crippen molar-refractivity contribution in [3.8, 4) is 11.8 Å². The Bertz CT molecular complexity index is 262. The van der Waals surface area contributed by atoms with Crippen LogP contribution in [0.15, 0.2) is 0 Å². The third-order valence-electron chi connectivity index (χ3n) is 2.67. The molecule has 2 nitrogen and oxygen atoms in total. The maximum absolute atomic E-state index is 11.9. The minimum absolute atomic E-state index is 0.151. The molecule has 0 saturated heterocycles. The average Bonchev–Trinajstić information content (AvgIpc) is 2.22. The summed E-state index contributed by atoms with van der Waals surface area (Å²) in [6.45, 7) is 10.4. The third-order valence-corrected chi connectivity index (χ3v) is 2.67. The largest absolute Gasteiger partial charge is 0.337 e. The maximum Gasteiger partial charge on any atom is 0.235 e. The first kappa shape index (κ1) is 16.0. The van der Waals surface area contributed by atoms with Crippen LogP contribution in [0.25, 0.3) is 0 Å². The second-order valence-electron chi connectivity index (χ2n) is 4.98. The highest BCUT2D eigenvalue weighted by Crippen LogP contribution is 2.07. The minimum atomic E-state index is 0.151. The summed E-state index contributed by atoms with van der Waals surface area (Å²) in [5, 5.41) is 0. The molecule has 0 radical (unpaired) electrons. The fourth-order valence-electron chi connectivity index (χ4n) is 1.95. The minimum Gasteiger partial charge on any atom is -0.337 e. The fraction of sp³-hybridized carbons (Fsp3) is 0.800. The summed E-state index contributed by atoms with van der Waals surface area (Å²) < 4.78 is 0. The van der Waals surface area contributed by atoms with Crippen LogP contribution in [0, 0.1) is 11.8 Å². The molecule has 17 heavy (non-hydrogen) atoms. The summed E-state index contributed by atoms with van der Waals surface area (Å²) in [6.07, 6.45) is 4.88. The summed E-state index contributed by atoms with van der Waals surface area (Å²) in [4.78, 5) is 13.8. The number of amides is 1. The van der Waals surface area contributed by atoms with E-state index in [1.165, 1.54) is 12.8 Å². The Morgan fingerprint density at radius 3 is 2.12 bits per heavy atom. The Hall–Kier alpha value is -0.970. The monoisotopic (exact) mass is 237 g/mol. The van der Waals surface area contributed by atoms with E-state index in [1.807, 2.05) is 32.6 Å². The van der Waals surface area contributed by atoms with Crippen molar-refractivity contribution in [2.75, 3.05) is 0 Å². The molecule has 0 spiro atoms. The second-order valence-corrected chi connectivity index (χ2v) is 4.98. The molecule has 0 rings (SSSR count). The molecule has 0 aromatic heterocycles. The molecule has 98 valence electrons.